The van der Waals surface area contributed by atoms with Crippen LogP contribution in [-0.2, 0) is 14.8 Å². The summed E-state index contributed by atoms with van der Waals surface area (Å²) in [6.45, 7) is 9.20. The van der Waals surface area contributed by atoms with E-state index in [-0.39, 0.29) is 24.6 Å². The zero-order valence-electron chi connectivity index (χ0n) is 16.2. The third-order valence-electron chi connectivity index (χ3n) is 3.42. The molecule has 0 spiro atoms. The Bertz CT molecular complexity index is 681. The molecule has 1 aromatic rings. The Morgan fingerprint density at radius 2 is 1.85 bits per heavy atom. The van der Waals surface area contributed by atoms with Crippen molar-refractivity contribution in [1.29, 1.82) is 0 Å². The van der Waals surface area contributed by atoms with Gasteiger partial charge in [0, 0.05) is 25.7 Å². The van der Waals surface area contributed by atoms with E-state index in [2.05, 4.69) is 4.72 Å². The van der Waals surface area contributed by atoms with Gasteiger partial charge in [-0.2, -0.15) is 0 Å². The Kier molecular flexibility index (Phi) is 8.05. The van der Waals surface area contributed by atoms with E-state index in [1.165, 1.54) is 4.90 Å². The first-order valence-electron chi connectivity index (χ1n) is 8.62. The van der Waals surface area contributed by atoms with Gasteiger partial charge in [0.1, 0.15) is 5.60 Å². The number of carbonyl (C=O) groups excluding carboxylic acids is 1. The highest BCUT2D eigenvalue weighted by Crippen LogP contribution is 2.13. The Morgan fingerprint density at radius 3 is 2.35 bits per heavy atom. The molecular formula is C18H30N2O5S. The second-order valence-corrected chi connectivity index (χ2v) is 9.05. The molecule has 0 bridgehead atoms. The number of nitrogens with zero attached hydrogens (tertiary/aromatic N) is 1. The second-order valence-electron chi connectivity index (χ2n) is 7.34. The second kappa shape index (κ2) is 9.34. The standard InChI is InChI=1S/C18H30N2O5S/c1-14-7-9-16(10-8-14)26(23,24)19-15(2)13-20(11-6-12-21)17(22)25-18(3,4)5/h7-10,15,19,21H,6,11-13H2,1-5H3/t15-/m1/s1. The Labute approximate surface area is 156 Å². The fraction of sp³-hybridized carbons (Fsp3) is 0.611. The summed E-state index contributed by atoms with van der Waals surface area (Å²) in [5.74, 6) is 0. The van der Waals surface area contributed by atoms with E-state index in [9.17, 15) is 13.2 Å². The van der Waals surface area contributed by atoms with Crippen LogP contribution in [0, 0.1) is 6.92 Å². The maximum Gasteiger partial charge on any atom is 0.410 e. The summed E-state index contributed by atoms with van der Waals surface area (Å²) in [4.78, 5) is 13.9. The molecular weight excluding hydrogens is 356 g/mol. The maximum absolute atomic E-state index is 12.5. The van der Waals surface area contributed by atoms with Gasteiger partial charge in [-0.25, -0.2) is 17.9 Å². The average molecular weight is 387 g/mol. The van der Waals surface area contributed by atoms with E-state index in [1.807, 2.05) is 6.92 Å². The van der Waals surface area contributed by atoms with Crippen LogP contribution in [0.1, 0.15) is 39.7 Å². The van der Waals surface area contributed by atoms with Gasteiger partial charge in [-0.15, -0.1) is 0 Å². The summed E-state index contributed by atoms with van der Waals surface area (Å²) >= 11 is 0. The summed E-state index contributed by atoms with van der Waals surface area (Å²) in [6, 6.07) is 6.03. The van der Waals surface area contributed by atoms with Crippen LogP contribution in [0.4, 0.5) is 4.79 Å². The number of ether oxygens (including phenoxy) is 1. The predicted octanol–water partition coefficient (Wildman–Crippen LogP) is 2.28. The number of benzene rings is 1. The van der Waals surface area contributed by atoms with Crippen molar-refractivity contribution in [3.05, 3.63) is 29.8 Å². The molecule has 0 radical (unpaired) electrons. The Morgan fingerprint density at radius 1 is 1.27 bits per heavy atom. The van der Waals surface area contributed by atoms with Crippen molar-refractivity contribution in [3.8, 4) is 0 Å². The van der Waals surface area contributed by atoms with Gasteiger partial charge in [-0.05, 0) is 53.2 Å². The van der Waals surface area contributed by atoms with E-state index >= 15 is 0 Å². The van der Waals surface area contributed by atoms with Gasteiger partial charge < -0.3 is 14.7 Å². The lowest BCUT2D eigenvalue weighted by Gasteiger charge is -2.29. The van der Waals surface area contributed by atoms with E-state index in [0.29, 0.717) is 6.42 Å². The molecule has 7 nitrogen and oxygen atoms in total. The van der Waals surface area contributed by atoms with Crippen LogP contribution in [-0.4, -0.2) is 55.9 Å². The first-order valence-corrected chi connectivity index (χ1v) is 10.1. The van der Waals surface area contributed by atoms with Gasteiger partial charge >= 0.3 is 6.09 Å². The van der Waals surface area contributed by atoms with Gasteiger partial charge in [-0.3, -0.25) is 0 Å². The third kappa shape index (κ3) is 7.72. The number of hydrogen-bond acceptors (Lipinski definition) is 5. The summed E-state index contributed by atoms with van der Waals surface area (Å²) in [6.07, 6.45) is -0.149. The van der Waals surface area contributed by atoms with Crippen molar-refractivity contribution >= 4 is 16.1 Å². The zero-order chi connectivity index (χ0) is 20.0. The topological polar surface area (TPSA) is 95.9 Å². The zero-order valence-corrected chi connectivity index (χ0v) is 17.0. The molecule has 0 fully saturated rings. The molecule has 0 unspecified atom stereocenters. The number of sulfonamides is 1. The Balaban J connectivity index is 2.80. The molecule has 1 atom stereocenters. The molecule has 1 rings (SSSR count). The minimum Gasteiger partial charge on any atom is -0.444 e. The summed E-state index contributed by atoms with van der Waals surface area (Å²) in [7, 11) is -3.68. The molecule has 0 heterocycles. The largest absolute Gasteiger partial charge is 0.444 e. The lowest BCUT2D eigenvalue weighted by molar-refractivity contribution is 0.0229. The van der Waals surface area contributed by atoms with Gasteiger partial charge in [-0.1, -0.05) is 17.7 Å². The Hall–Kier alpha value is -1.64. The highest BCUT2D eigenvalue weighted by Gasteiger charge is 2.25. The van der Waals surface area contributed by atoms with Crippen molar-refractivity contribution in [1.82, 2.24) is 9.62 Å². The first-order chi connectivity index (χ1) is 11.9. The average Bonchev–Trinajstić information content (AvgIpc) is 2.49. The number of aliphatic hydroxyl groups is 1. The molecule has 2 N–H and O–H groups in total. The fourth-order valence-corrected chi connectivity index (χ4v) is 3.50. The first kappa shape index (κ1) is 22.4. The predicted molar refractivity (Wildman–Crippen MR) is 100 cm³/mol. The number of aliphatic hydroxyl groups excluding tert-OH is 1. The summed E-state index contributed by atoms with van der Waals surface area (Å²) in [5, 5.41) is 9.03. The van der Waals surface area contributed by atoms with Crippen molar-refractivity contribution in [2.45, 2.75) is 57.6 Å². The number of amides is 1. The molecule has 0 aliphatic carbocycles. The number of aryl methyl sites for hydroxylation is 1. The summed E-state index contributed by atoms with van der Waals surface area (Å²) in [5.41, 5.74) is 0.316. The van der Waals surface area contributed by atoms with Crippen LogP contribution >= 0.6 is 0 Å². The highest BCUT2D eigenvalue weighted by atomic mass is 32.2. The van der Waals surface area contributed by atoms with Crippen LogP contribution in [0.15, 0.2) is 29.2 Å². The third-order valence-corrected chi connectivity index (χ3v) is 5.03. The SMILES string of the molecule is Cc1ccc(S(=O)(=O)N[C@H](C)CN(CCCO)C(=O)OC(C)(C)C)cc1. The lowest BCUT2D eigenvalue weighted by Crippen LogP contribution is -2.46. The number of nitrogens with one attached hydrogen (secondary N) is 1. The molecule has 8 heteroatoms. The molecule has 0 saturated heterocycles. The minimum absolute atomic E-state index is 0.0667. The monoisotopic (exact) mass is 386 g/mol. The van der Waals surface area contributed by atoms with E-state index in [4.69, 9.17) is 9.84 Å². The quantitative estimate of drug-likeness (QED) is 0.715. The molecule has 0 saturated carbocycles. The van der Waals surface area contributed by atoms with Crippen LogP contribution in [0.5, 0.6) is 0 Å². The molecule has 26 heavy (non-hydrogen) atoms. The summed E-state index contributed by atoms with van der Waals surface area (Å²) < 4.78 is 32.9. The van der Waals surface area contributed by atoms with Gasteiger partial charge in [0.2, 0.25) is 10.0 Å². The van der Waals surface area contributed by atoms with Gasteiger partial charge in [0.15, 0.2) is 0 Å². The highest BCUT2D eigenvalue weighted by molar-refractivity contribution is 7.89. The molecule has 0 aliphatic rings. The van der Waals surface area contributed by atoms with Crippen molar-refractivity contribution < 1.29 is 23.1 Å². The normalized spacial score (nSPS) is 13.3. The molecule has 0 aliphatic heterocycles. The van der Waals surface area contributed by atoms with E-state index in [0.717, 1.165) is 5.56 Å². The lowest BCUT2D eigenvalue weighted by atomic mass is 10.2. The van der Waals surface area contributed by atoms with Gasteiger partial charge in [0.05, 0.1) is 4.90 Å². The van der Waals surface area contributed by atoms with E-state index < -0.39 is 27.8 Å². The number of hydrogen-bond donors (Lipinski definition) is 2. The van der Waals surface area contributed by atoms with Crippen LogP contribution in [0.3, 0.4) is 0 Å². The van der Waals surface area contributed by atoms with Crippen molar-refractivity contribution in [2.24, 2.45) is 0 Å². The number of rotatable bonds is 8. The van der Waals surface area contributed by atoms with Gasteiger partial charge in [0.25, 0.3) is 0 Å². The van der Waals surface area contributed by atoms with Crippen molar-refractivity contribution in [3.63, 3.8) is 0 Å². The molecule has 1 aromatic carbocycles. The smallest absolute Gasteiger partial charge is 0.410 e. The van der Waals surface area contributed by atoms with Crippen LogP contribution in [0.25, 0.3) is 0 Å². The van der Waals surface area contributed by atoms with E-state index in [1.54, 1.807) is 52.0 Å². The van der Waals surface area contributed by atoms with Crippen LogP contribution in [0.2, 0.25) is 0 Å². The van der Waals surface area contributed by atoms with Crippen molar-refractivity contribution in [2.75, 3.05) is 19.7 Å². The van der Waals surface area contributed by atoms with Crippen LogP contribution < -0.4 is 4.72 Å². The fourth-order valence-electron chi connectivity index (χ4n) is 2.26. The minimum atomic E-state index is -3.68. The molecule has 0 aromatic heterocycles. The maximum atomic E-state index is 12.5. The number of carbonyl (C=O) groups is 1. The molecule has 148 valence electrons. The molecule has 1 amide bonds.